The fourth-order valence-electron chi connectivity index (χ4n) is 9.75. The maximum atomic E-state index is 12.9. The highest BCUT2D eigenvalue weighted by atomic mass is 16.6. The predicted octanol–water partition coefficient (Wildman–Crippen LogP) is 22.6. The van der Waals surface area contributed by atoms with Gasteiger partial charge in [-0.25, -0.2) is 0 Å². The SMILES string of the molecule is CCCC/C=C\CCCCCCCC(=O)OCC(COC(=O)CCCCCCCCCCCCCCCCC/C=C\CCCCCCCCCC)OC(=O)CCCCCCCCCCC/C=C\C/C=C\CCCCC. The van der Waals surface area contributed by atoms with Crippen molar-refractivity contribution < 1.29 is 28.6 Å². The molecule has 0 saturated carbocycles. The number of allylic oxidation sites excluding steroid dienone is 8. The normalized spacial score (nSPS) is 12.3. The molecular weight excluding hydrogens is 925 g/mol. The summed E-state index contributed by atoms with van der Waals surface area (Å²) in [5, 5.41) is 0. The minimum absolute atomic E-state index is 0.0745. The van der Waals surface area contributed by atoms with Crippen LogP contribution in [0.15, 0.2) is 48.6 Å². The summed E-state index contributed by atoms with van der Waals surface area (Å²) in [5.74, 6) is -0.870. The molecule has 0 aliphatic rings. The molecule has 0 fully saturated rings. The van der Waals surface area contributed by atoms with Crippen molar-refractivity contribution in [3.05, 3.63) is 48.6 Å². The van der Waals surface area contributed by atoms with E-state index in [0.29, 0.717) is 19.3 Å². The van der Waals surface area contributed by atoms with E-state index in [4.69, 9.17) is 14.2 Å². The Labute approximate surface area is 467 Å². The van der Waals surface area contributed by atoms with Gasteiger partial charge in [-0.05, 0) is 96.3 Å². The summed E-state index contributed by atoms with van der Waals surface area (Å²) in [7, 11) is 0. The summed E-state index contributed by atoms with van der Waals surface area (Å²) in [6.07, 6.45) is 79.9. The van der Waals surface area contributed by atoms with E-state index in [1.807, 2.05) is 0 Å². The zero-order valence-corrected chi connectivity index (χ0v) is 50.3. The summed E-state index contributed by atoms with van der Waals surface area (Å²) in [6.45, 7) is 6.62. The molecule has 0 heterocycles. The maximum absolute atomic E-state index is 12.9. The van der Waals surface area contributed by atoms with Gasteiger partial charge in [0.2, 0.25) is 0 Å². The van der Waals surface area contributed by atoms with Gasteiger partial charge in [0.25, 0.3) is 0 Å². The molecule has 1 atom stereocenters. The molecule has 0 aromatic rings. The van der Waals surface area contributed by atoms with Gasteiger partial charge < -0.3 is 14.2 Å². The van der Waals surface area contributed by atoms with Crippen molar-refractivity contribution in [3.8, 4) is 0 Å². The van der Waals surface area contributed by atoms with Crippen LogP contribution in [0.25, 0.3) is 0 Å². The molecule has 0 aromatic heterocycles. The van der Waals surface area contributed by atoms with Gasteiger partial charge in [0, 0.05) is 19.3 Å². The van der Waals surface area contributed by atoms with E-state index in [0.717, 1.165) is 70.6 Å². The highest BCUT2D eigenvalue weighted by Crippen LogP contribution is 2.17. The number of unbranched alkanes of at least 4 members (excludes halogenated alkanes) is 42. The highest BCUT2D eigenvalue weighted by molar-refractivity contribution is 5.71. The maximum Gasteiger partial charge on any atom is 0.306 e. The standard InChI is InChI=1S/C69H126O6/c1-4-7-10-13-16-19-22-24-26-28-30-31-32-33-34-35-36-37-39-40-42-44-47-50-53-56-59-62-68(71)74-65-66(64-73-67(70)61-58-55-52-49-46-21-18-15-12-9-6-3)75-69(72)63-60-57-54-51-48-45-43-41-38-29-27-25-23-20-17-14-11-8-5-2/h15,17-18,20,25,27-28,30,66H,4-14,16,19,21-24,26,29,31-65H2,1-3H3/b18-15-,20-17-,27-25-,30-28-. The van der Waals surface area contributed by atoms with E-state index in [1.165, 1.54) is 244 Å². The van der Waals surface area contributed by atoms with Crippen molar-refractivity contribution in [1.82, 2.24) is 0 Å². The van der Waals surface area contributed by atoms with Crippen LogP contribution in [0.2, 0.25) is 0 Å². The molecule has 0 N–H and O–H groups in total. The average molecular weight is 1050 g/mol. The van der Waals surface area contributed by atoms with Gasteiger partial charge in [-0.3, -0.25) is 14.4 Å². The molecule has 0 aromatic carbocycles. The Bertz CT molecular complexity index is 1300. The zero-order chi connectivity index (χ0) is 54.3. The smallest absolute Gasteiger partial charge is 0.306 e. The van der Waals surface area contributed by atoms with Crippen LogP contribution in [0.1, 0.15) is 355 Å². The first-order chi connectivity index (χ1) is 37.0. The third-order valence-corrected chi connectivity index (χ3v) is 14.8. The number of hydrogen-bond acceptors (Lipinski definition) is 6. The molecule has 75 heavy (non-hydrogen) atoms. The predicted molar refractivity (Wildman–Crippen MR) is 325 cm³/mol. The van der Waals surface area contributed by atoms with Crippen LogP contribution in [-0.2, 0) is 28.6 Å². The lowest BCUT2D eigenvalue weighted by Gasteiger charge is -2.18. The van der Waals surface area contributed by atoms with Gasteiger partial charge in [0.15, 0.2) is 6.10 Å². The topological polar surface area (TPSA) is 78.9 Å². The van der Waals surface area contributed by atoms with E-state index in [2.05, 4.69) is 69.4 Å². The van der Waals surface area contributed by atoms with Crippen LogP contribution < -0.4 is 0 Å². The first-order valence-electron chi connectivity index (χ1n) is 33.1. The van der Waals surface area contributed by atoms with E-state index < -0.39 is 6.10 Å². The van der Waals surface area contributed by atoms with Crippen LogP contribution in [0.4, 0.5) is 0 Å². The van der Waals surface area contributed by atoms with Crippen LogP contribution >= 0.6 is 0 Å². The molecular formula is C69H126O6. The fourth-order valence-corrected chi connectivity index (χ4v) is 9.75. The summed E-state index contributed by atoms with van der Waals surface area (Å²) in [4.78, 5) is 38.3. The van der Waals surface area contributed by atoms with E-state index >= 15 is 0 Å². The molecule has 0 saturated heterocycles. The van der Waals surface area contributed by atoms with Gasteiger partial charge in [-0.15, -0.1) is 0 Å². The van der Waals surface area contributed by atoms with Gasteiger partial charge in [0.1, 0.15) is 13.2 Å². The van der Waals surface area contributed by atoms with Crippen molar-refractivity contribution in [3.63, 3.8) is 0 Å². The molecule has 0 spiro atoms. The van der Waals surface area contributed by atoms with Crippen LogP contribution in [0.5, 0.6) is 0 Å². The van der Waals surface area contributed by atoms with Crippen molar-refractivity contribution >= 4 is 17.9 Å². The number of carbonyl (C=O) groups excluding carboxylic acids is 3. The second-order valence-corrected chi connectivity index (χ2v) is 22.4. The molecule has 6 heteroatoms. The lowest BCUT2D eigenvalue weighted by molar-refractivity contribution is -0.167. The highest BCUT2D eigenvalue weighted by Gasteiger charge is 2.19. The van der Waals surface area contributed by atoms with E-state index in [-0.39, 0.29) is 31.1 Å². The monoisotopic (exact) mass is 1050 g/mol. The first-order valence-corrected chi connectivity index (χ1v) is 33.1. The van der Waals surface area contributed by atoms with Crippen molar-refractivity contribution in [1.29, 1.82) is 0 Å². The quantitative estimate of drug-likeness (QED) is 0.0261. The van der Waals surface area contributed by atoms with Crippen LogP contribution in [-0.4, -0.2) is 37.2 Å². The number of rotatable bonds is 61. The number of esters is 3. The van der Waals surface area contributed by atoms with Crippen LogP contribution in [0, 0.1) is 0 Å². The van der Waals surface area contributed by atoms with Crippen molar-refractivity contribution in [2.45, 2.75) is 361 Å². The first kappa shape index (κ1) is 72.4. The molecule has 0 aliphatic carbocycles. The van der Waals surface area contributed by atoms with E-state index in [1.54, 1.807) is 0 Å². The second-order valence-electron chi connectivity index (χ2n) is 22.4. The summed E-state index contributed by atoms with van der Waals surface area (Å²) >= 11 is 0. The number of hydrogen-bond donors (Lipinski definition) is 0. The van der Waals surface area contributed by atoms with E-state index in [9.17, 15) is 14.4 Å². The average Bonchev–Trinajstić information content (AvgIpc) is 3.41. The third-order valence-electron chi connectivity index (χ3n) is 14.8. The lowest BCUT2D eigenvalue weighted by atomic mass is 10.0. The second kappa shape index (κ2) is 63.9. The zero-order valence-electron chi connectivity index (χ0n) is 50.3. The summed E-state index contributed by atoms with van der Waals surface area (Å²) in [6, 6.07) is 0. The van der Waals surface area contributed by atoms with Gasteiger partial charge in [0.05, 0.1) is 0 Å². The van der Waals surface area contributed by atoms with Crippen molar-refractivity contribution in [2.24, 2.45) is 0 Å². The molecule has 0 bridgehead atoms. The third kappa shape index (κ3) is 62.1. The van der Waals surface area contributed by atoms with Crippen LogP contribution in [0.3, 0.4) is 0 Å². The Morgan fingerprint density at radius 2 is 0.493 bits per heavy atom. The van der Waals surface area contributed by atoms with Gasteiger partial charge in [-0.1, -0.05) is 288 Å². The summed E-state index contributed by atoms with van der Waals surface area (Å²) in [5.41, 5.74) is 0. The minimum Gasteiger partial charge on any atom is -0.462 e. The number of carbonyl (C=O) groups is 3. The fraction of sp³-hybridized carbons (Fsp3) is 0.841. The Morgan fingerprint density at radius 3 is 0.813 bits per heavy atom. The Kier molecular flexibility index (Phi) is 61.7. The summed E-state index contributed by atoms with van der Waals surface area (Å²) < 4.78 is 16.9. The molecule has 0 rings (SSSR count). The number of ether oxygens (including phenoxy) is 3. The molecule has 0 radical (unpaired) electrons. The minimum atomic E-state index is -0.778. The molecule has 438 valence electrons. The Balaban J connectivity index is 4.19. The molecule has 1 unspecified atom stereocenters. The van der Waals surface area contributed by atoms with Gasteiger partial charge >= 0.3 is 17.9 Å². The largest absolute Gasteiger partial charge is 0.462 e. The Hall–Kier alpha value is -2.63. The molecule has 6 nitrogen and oxygen atoms in total. The van der Waals surface area contributed by atoms with Crippen molar-refractivity contribution in [2.75, 3.05) is 13.2 Å². The molecule has 0 amide bonds. The Morgan fingerprint density at radius 1 is 0.267 bits per heavy atom. The van der Waals surface area contributed by atoms with Gasteiger partial charge in [-0.2, -0.15) is 0 Å². The molecule has 0 aliphatic heterocycles. The lowest BCUT2D eigenvalue weighted by Crippen LogP contribution is -2.30.